The number of amides is 1. The lowest BCUT2D eigenvalue weighted by Gasteiger charge is -2.18. The third-order valence-electron chi connectivity index (χ3n) is 3.89. The highest BCUT2D eigenvalue weighted by Gasteiger charge is 2.25. The lowest BCUT2D eigenvalue weighted by molar-refractivity contribution is 0.0953. The van der Waals surface area contributed by atoms with Gasteiger partial charge in [0.25, 0.3) is 5.91 Å². The molecule has 0 aromatic heterocycles. The fourth-order valence-electron chi connectivity index (χ4n) is 2.69. The van der Waals surface area contributed by atoms with Crippen molar-refractivity contribution in [3.05, 3.63) is 64.2 Å². The third kappa shape index (κ3) is 3.27. The largest absolute Gasteiger partial charge is 0.508 e. The van der Waals surface area contributed by atoms with Gasteiger partial charge in [-0.3, -0.25) is 9.79 Å². The summed E-state index contributed by atoms with van der Waals surface area (Å²) in [7, 11) is 0. The molecule has 1 unspecified atom stereocenters. The van der Waals surface area contributed by atoms with E-state index in [1.807, 2.05) is 0 Å². The molecule has 1 amide bonds. The quantitative estimate of drug-likeness (QED) is 0.783. The molecule has 1 heterocycles. The van der Waals surface area contributed by atoms with Crippen LogP contribution < -0.4 is 5.32 Å². The number of hydrogen-bond donors (Lipinski definition) is 3. The Hall–Kier alpha value is -2.37. The van der Waals surface area contributed by atoms with E-state index in [2.05, 4.69) is 10.3 Å². The molecule has 3 rings (SSSR count). The van der Waals surface area contributed by atoms with Gasteiger partial charge in [-0.25, -0.2) is 0 Å². The van der Waals surface area contributed by atoms with Gasteiger partial charge in [0.2, 0.25) is 0 Å². The Bertz CT molecular complexity index is 805. The van der Waals surface area contributed by atoms with Crippen LogP contribution in [-0.4, -0.2) is 34.9 Å². The Morgan fingerprint density at radius 1 is 1.17 bits per heavy atom. The summed E-state index contributed by atoms with van der Waals surface area (Å²) in [6, 6.07) is 11.4. The second-order valence-corrected chi connectivity index (χ2v) is 5.96. The van der Waals surface area contributed by atoms with E-state index in [4.69, 9.17) is 11.6 Å². The summed E-state index contributed by atoms with van der Waals surface area (Å²) in [4.78, 5) is 16.8. The molecule has 2 aromatic carbocycles. The summed E-state index contributed by atoms with van der Waals surface area (Å²) in [6.45, 7) is 0.977. The number of aliphatic hydroxyl groups excluding tert-OH is 1. The van der Waals surface area contributed by atoms with Crippen molar-refractivity contribution in [1.29, 1.82) is 0 Å². The van der Waals surface area contributed by atoms with E-state index in [0.29, 0.717) is 41.4 Å². The SMILES string of the molecule is O=C1NCCCN=C(C(O)c2cc(Cl)ccc2O)c2ccccc21. The third-order valence-corrected chi connectivity index (χ3v) is 4.13. The van der Waals surface area contributed by atoms with E-state index in [1.165, 1.54) is 12.1 Å². The molecule has 1 aliphatic heterocycles. The van der Waals surface area contributed by atoms with Crippen molar-refractivity contribution in [2.75, 3.05) is 13.1 Å². The summed E-state index contributed by atoms with van der Waals surface area (Å²) >= 11 is 5.98. The van der Waals surface area contributed by atoms with Crippen LogP contribution in [0.2, 0.25) is 5.02 Å². The number of fused-ring (bicyclic) bond motifs is 1. The molecule has 6 heteroatoms. The van der Waals surface area contributed by atoms with Gasteiger partial charge in [-0.2, -0.15) is 0 Å². The Morgan fingerprint density at radius 3 is 2.71 bits per heavy atom. The molecule has 5 nitrogen and oxygen atoms in total. The number of phenolic OH excluding ortho intramolecular Hbond substituents is 1. The number of aromatic hydroxyl groups is 1. The molecule has 0 radical (unpaired) electrons. The molecular formula is C18H17ClN2O3. The zero-order valence-corrected chi connectivity index (χ0v) is 13.6. The molecule has 0 aliphatic carbocycles. The molecule has 3 N–H and O–H groups in total. The first-order valence-electron chi connectivity index (χ1n) is 7.66. The number of hydrogen-bond acceptors (Lipinski definition) is 4. The minimum Gasteiger partial charge on any atom is -0.508 e. The van der Waals surface area contributed by atoms with E-state index in [9.17, 15) is 15.0 Å². The number of aliphatic imine (C=N–C) groups is 1. The highest BCUT2D eigenvalue weighted by molar-refractivity contribution is 6.30. The van der Waals surface area contributed by atoms with Crippen molar-refractivity contribution < 1.29 is 15.0 Å². The van der Waals surface area contributed by atoms with Crippen molar-refractivity contribution in [1.82, 2.24) is 5.32 Å². The van der Waals surface area contributed by atoms with E-state index in [0.717, 1.165) is 0 Å². The van der Waals surface area contributed by atoms with Crippen LogP contribution in [0.25, 0.3) is 0 Å². The second-order valence-electron chi connectivity index (χ2n) is 5.53. The van der Waals surface area contributed by atoms with E-state index in [1.54, 1.807) is 30.3 Å². The minimum atomic E-state index is -1.18. The highest BCUT2D eigenvalue weighted by atomic mass is 35.5. The number of rotatable bonds is 2. The molecule has 24 heavy (non-hydrogen) atoms. The van der Waals surface area contributed by atoms with Gasteiger partial charge in [0.1, 0.15) is 11.9 Å². The number of carbonyl (C=O) groups is 1. The number of nitrogens with zero attached hydrogens (tertiary/aromatic N) is 1. The van der Waals surface area contributed by atoms with Crippen LogP contribution in [-0.2, 0) is 0 Å². The van der Waals surface area contributed by atoms with Gasteiger partial charge in [-0.15, -0.1) is 0 Å². The van der Waals surface area contributed by atoms with E-state index in [-0.39, 0.29) is 17.2 Å². The highest BCUT2D eigenvalue weighted by Crippen LogP contribution is 2.31. The average molecular weight is 345 g/mol. The van der Waals surface area contributed by atoms with Crippen molar-refractivity contribution >= 4 is 23.2 Å². The first-order valence-corrected chi connectivity index (χ1v) is 8.04. The van der Waals surface area contributed by atoms with Crippen LogP contribution in [0.15, 0.2) is 47.5 Å². The topological polar surface area (TPSA) is 81.9 Å². The molecule has 0 spiro atoms. The van der Waals surface area contributed by atoms with Gasteiger partial charge in [0, 0.05) is 34.8 Å². The van der Waals surface area contributed by atoms with Crippen LogP contribution in [0.1, 0.15) is 34.0 Å². The maximum atomic E-state index is 12.3. The molecule has 2 aromatic rings. The van der Waals surface area contributed by atoms with Gasteiger partial charge in [0.05, 0.1) is 5.71 Å². The Balaban J connectivity index is 2.12. The standard InChI is InChI=1S/C18H17ClN2O3/c19-11-6-7-15(22)14(10-11)17(23)16-12-4-1-2-5-13(12)18(24)21-9-3-8-20-16/h1-2,4-7,10,17,22-23H,3,8-9H2,(H,21,24). The number of carbonyl (C=O) groups excluding carboxylic acids is 1. The van der Waals surface area contributed by atoms with Gasteiger partial charge in [0.15, 0.2) is 0 Å². The Labute approximate surface area is 144 Å². The molecule has 0 fully saturated rings. The van der Waals surface area contributed by atoms with Gasteiger partial charge < -0.3 is 15.5 Å². The van der Waals surface area contributed by atoms with Gasteiger partial charge >= 0.3 is 0 Å². The van der Waals surface area contributed by atoms with Gasteiger partial charge in [-0.05, 0) is 30.7 Å². The Kier molecular flexibility index (Phi) is 4.83. The van der Waals surface area contributed by atoms with Crippen molar-refractivity contribution in [3.8, 4) is 5.75 Å². The maximum Gasteiger partial charge on any atom is 0.251 e. The number of halogens is 1. The monoisotopic (exact) mass is 344 g/mol. The molecule has 124 valence electrons. The lowest BCUT2D eigenvalue weighted by atomic mass is 9.94. The summed E-state index contributed by atoms with van der Waals surface area (Å²) < 4.78 is 0. The predicted octanol–water partition coefficient (Wildman–Crippen LogP) is 2.70. The van der Waals surface area contributed by atoms with Crippen molar-refractivity contribution in [3.63, 3.8) is 0 Å². The fourth-order valence-corrected chi connectivity index (χ4v) is 2.87. The average Bonchev–Trinajstić information content (AvgIpc) is 2.66. The molecule has 1 atom stereocenters. The smallest absolute Gasteiger partial charge is 0.251 e. The fraction of sp³-hybridized carbons (Fsp3) is 0.222. The number of nitrogens with one attached hydrogen (secondary N) is 1. The predicted molar refractivity (Wildman–Crippen MR) is 92.9 cm³/mol. The summed E-state index contributed by atoms with van der Waals surface area (Å²) in [5.74, 6) is -0.279. The molecular weight excluding hydrogens is 328 g/mol. The van der Waals surface area contributed by atoms with Crippen LogP contribution in [0.3, 0.4) is 0 Å². The lowest BCUT2D eigenvalue weighted by Crippen LogP contribution is -2.26. The van der Waals surface area contributed by atoms with E-state index >= 15 is 0 Å². The summed E-state index contributed by atoms with van der Waals surface area (Å²) in [5, 5.41) is 24.1. The summed E-state index contributed by atoms with van der Waals surface area (Å²) in [6.07, 6.45) is -0.520. The number of benzene rings is 2. The summed E-state index contributed by atoms with van der Waals surface area (Å²) in [5.41, 5.74) is 1.60. The number of aliphatic hydroxyl groups is 1. The molecule has 1 aliphatic rings. The van der Waals surface area contributed by atoms with Crippen molar-refractivity contribution in [2.45, 2.75) is 12.5 Å². The van der Waals surface area contributed by atoms with Gasteiger partial charge in [-0.1, -0.05) is 29.8 Å². The second kappa shape index (κ2) is 7.03. The first kappa shape index (κ1) is 16.5. The van der Waals surface area contributed by atoms with E-state index < -0.39 is 6.10 Å². The van der Waals surface area contributed by atoms with Crippen LogP contribution in [0.4, 0.5) is 0 Å². The molecule has 0 saturated heterocycles. The number of phenols is 1. The zero-order valence-electron chi connectivity index (χ0n) is 12.9. The first-order chi connectivity index (χ1) is 11.6. The minimum absolute atomic E-state index is 0.0728. The normalized spacial score (nSPS) is 16.1. The van der Waals surface area contributed by atoms with Crippen LogP contribution in [0.5, 0.6) is 5.75 Å². The zero-order chi connectivity index (χ0) is 17.1. The van der Waals surface area contributed by atoms with Crippen LogP contribution >= 0.6 is 11.6 Å². The van der Waals surface area contributed by atoms with Crippen LogP contribution in [0, 0.1) is 0 Å². The van der Waals surface area contributed by atoms with Crippen molar-refractivity contribution in [2.24, 2.45) is 4.99 Å². The molecule has 0 saturated carbocycles. The maximum absolute atomic E-state index is 12.3. The Morgan fingerprint density at radius 2 is 1.92 bits per heavy atom. The molecule has 0 bridgehead atoms.